The summed E-state index contributed by atoms with van der Waals surface area (Å²) in [5.41, 5.74) is 1.76. The number of halogens is 3. The first-order chi connectivity index (χ1) is 12.9. The molecule has 27 heavy (non-hydrogen) atoms. The van der Waals surface area contributed by atoms with Crippen LogP contribution in [-0.4, -0.2) is 22.6 Å². The van der Waals surface area contributed by atoms with E-state index in [1.807, 2.05) is 30.3 Å². The monoisotopic (exact) mass is 577 g/mol. The molecular formula is C19H14BrClINO3S. The van der Waals surface area contributed by atoms with Crippen molar-refractivity contribution >= 4 is 79.1 Å². The summed E-state index contributed by atoms with van der Waals surface area (Å²) < 4.78 is 7.70. The van der Waals surface area contributed by atoms with Crippen molar-refractivity contribution in [3.8, 4) is 5.75 Å². The molecule has 0 saturated carbocycles. The Balaban J connectivity index is 1.79. The first-order valence-electron chi connectivity index (χ1n) is 8.00. The Hall–Kier alpha value is -1.03. The van der Waals surface area contributed by atoms with Crippen molar-refractivity contribution in [2.75, 3.05) is 6.54 Å². The van der Waals surface area contributed by atoms with E-state index in [9.17, 15) is 9.59 Å². The van der Waals surface area contributed by atoms with Crippen molar-refractivity contribution in [3.63, 3.8) is 0 Å². The van der Waals surface area contributed by atoms with E-state index in [1.54, 1.807) is 19.1 Å². The molecule has 1 heterocycles. The fourth-order valence-electron chi connectivity index (χ4n) is 2.46. The van der Waals surface area contributed by atoms with Gasteiger partial charge in [-0.3, -0.25) is 14.5 Å². The highest BCUT2D eigenvalue weighted by Gasteiger charge is 2.33. The molecule has 1 aliphatic heterocycles. The molecule has 0 N–H and O–H groups in total. The Morgan fingerprint density at radius 2 is 1.96 bits per heavy atom. The van der Waals surface area contributed by atoms with E-state index in [1.165, 1.54) is 4.90 Å². The predicted molar refractivity (Wildman–Crippen MR) is 121 cm³/mol. The van der Waals surface area contributed by atoms with Crippen LogP contribution in [0, 0.1) is 3.57 Å². The summed E-state index contributed by atoms with van der Waals surface area (Å²) in [7, 11) is 0. The zero-order valence-electron chi connectivity index (χ0n) is 14.2. The fraction of sp³-hybridized carbons (Fsp3) is 0.158. The SMILES string of the molecule is CCN1C(=O)S/C(=C/c2cc(Cl)c(OCc3ccc(I)cc3)c(Br)c2)C1=O. The minimum absolute atomic E-state index is 0.253. The van der Waals surface area contributed by atoms with Gasteiger partial charge in [0.2, 0.25) is 0 Å². The van der Waals surface area contributed by atoms with Crippen molar-refractivity contribution < 1.29 is 14.3 Å². The van der Waals surface area contributed by atoms with Crippen LogP contribution in [0.4, 0.5) is 4.79 Å². The first kappa shape index (κ1) is 20.7. The van der Waals surface area contributed by atoms with Crippen LogP contribution in [0.3, 0.4) is 0 Å². The van der Waals surface area contributed by atoms with E-state index < -0.39 is 0 Å². The molecule has 3 rings (SSSR count). The van der Waals surface area contributed by atoms with Gasteiger partial charge in [-0.1, -0.05) is 23.7 Å². The number of benzene rings is 2. The number of ether oxygens (including phenoxy) is 1. The Bertz CT molecular complexity index is 910. The van der Waals surface area contributed by atoms with Crippen molar-refractivity contribution in [1.29, 1.82) is 0 Å². The molecule has 0 bridgehead atoms. The average molecular weight is 579 g/mol. The summed E-state index contributed by atoms with van der Waals surface area (Å²) in [6, 6.07) is 11.6. The molecule has 8 heteroatoms. The van der Waals surface area contributed by atoms with Crippen LogP contribution in [-0.2, 0) is 11.4 Å². The summed E-state index contributed by atoms with van der Waals surface area (Å²) in [5, 5.41) is 0.173. The number of imide groups is 1. The van der Waals surface area contributed by atoms with Crippen molar-refractivity contribution in [2.24, 2.45) is 0 Å². The van der Waals surface area contributed by atoms with Gasteiger partial charge in [-0.25, -0.2) is 0 Å². The lowest BCUT2D eigenvalue weighted by molar-refractivity contribution is -0.122. The summed E-state index contributed by atoms with van der Waals surface area (Å²) in [6.45, 7) is 2.52. The van der Waals surface area contributed by atoms with Gasteiger partial charge in [-0.15, -0.1) is 0 Å². The summed E-state index contributed by atoms with van der Waals surface area (Å²) in [4.78, 5) is 25.6. The molecule has 0 aliphatic carbocycles. The van der Waals surface area contributed by atoms with Crippen LogP contribution in [0.25, 0.3) is 6.08 Å². The number of hydrogen-bond acceptors (Lipinski definition) is 4. The number of hydrogen-bond donors (Lipinski definition) is 0. The van der Waals surface area contributed by atoms with Crippen LogP contribution in [0.5, 0.6) is 5.75 Å². The smallest absolute Gasteiger partial charge is 0.293 e. The maximum Gasteiger partial charge on any atom is 0.293 e. The molecule has 1 saturated heterocycles. The molecule has 2 amide bonds. The molecule has 0 aromatic heterocycles. The van der Waals surface area contributed by atoms with Gasteiger partial charge in [0.05, 0.1) is 14.4 Å². The highest BCUT2D eigenvalue weighted by atomic mass is 127. The van der Waals surface area contributed by atoms with Gasteiger partial charge in [-0.05, 0) is 98.7 Å². The maximum atomic E-state index is 12.2. The lowest BCUT2D eigenvalue weighted by atomic mass is 10.2. The van der Waals surface area contributed by atoms with E-state index >= 15 is 0 Å². The summed E-state index contributed by atoms with van der Waals surface area (Å²) >= 11 is 13.0. The number of carbonyl (C=O) groups excluding carboxylic acids is 2. The number of thioether (sulfide) groups is 1. The molecule has 1 fully saturated rings. The molecule has 2 aromatic rings. The van der Waals surface area contributed by atoms with Gasteiger partial charge in [0.1, 0.15) is 6.61 Å². The number of carbonyl (C=O) groups is 2. The fourth-order valence-corrected chi connectivity index (χ4v) is 4.71. The van der Waals surface area contributed by atoms with E-state index in [0.29, 0.717) is 33.3 Å². The normalized spacial score (nSPS) is 15.7. The average Bonchev–Trinajstić information content (AvgIpc) is 2.88. The molecule has 2 aromatic carbocycles. The predicted octanol–water partition coefficient (Wildman–Crippen LogP) is 6.34. The number of nitrogens with zero attached hydrogens (tertiary/aromatic N) is 1. The second kappa shape index (κ2) is 8.98. The topological polar surface area (TPSA) is 46.6 Å². The zero-order chi connectivity index (χ0) is 19.6. The standard InChI is InChI=1S/C19H14BrClINO3S/c1-2-23-18(24)16(27-19(23)25)9-12-7-14(20)17(15(21)8-12)26-10-11-3-5-13(22)6-4-11/h3-9H,2,10H2,1H3/b16-9+. The van der Waals surface area contributed by atoms with E-state index in [2.05, 4.69) is 38.5 Å². The second-order valence-corrected chi connectivity index (χ2v) is 9.16. The van der Waals surface area contributed by atoms with Crippen LogP contribution >= 0.6 is 61.9 Å². The molecule has 4 nitrogen and oxygen atoms in total. The lowest BCUT2D eigenvalue weighted by Gasteiger charge is -2.11. The third-order valence-electron chi connectivity index (χ3n) is 3.80. The zero-order valence-corrected chi connectivity index (χ0v) is 19.5. The van der Waals surface area contributed by atoms with E-state index in [-0.39, 0.29) is 11.1 Å². The third kappa shape index (κ3) is 4.88. The Morgan fingerprint density at radius 1 is 1.26 bits per heavy atom. The van der Waals surface area contributed by atoms with Crippen molar-refractivity contribution in [1.82, 2.24) is 4.90 Å². The van der Waals surface area contributed by atoms with Gasteiger partial charge in [-0.2, -0.15) is 0 Å². The van der Waals surface area contributed by atoms with Crippen molar-refractivity contribution in [2.45, 2.75) is 13.5 Å². The molecular weight excluding hydrogens is 565 g/mol. The van der Waals surface area contributed by atoms with E-state index in [4.69, 9.17) is 16.3 Å². The Kier molecular flexibility index (Phi) is 6.88. The van der Waals surface area contributed by atoms with Gasteiger partial charge < -0.3 is 4.74 Å². The highest BCUT2D eigenvalue weighted by molar-refractivity contribution is 14.1. The van der Waals surface area contributed by atoms with Crippen LogP contribution in [0.2, 0.25) is 5.02 Å². The molecule has 0 unspecified atom stereocenters. The van der Waals surface area contributed by atoms with Gasteiger partial charge in [0.15, 0.2) is 5.75 Å². The number of amides is 2. The molecule has 0 radical (unpaired) electrons. The minimum Gasteiger partial charge on any atom is -0.486 e. The quantitative estimate of drug-likeness (QED) is 0.307. The number of rotatable bonds is 5. The van der Waals surface area contributed by atoms with Crippen LogP contribution < -0.4 is 4.74 Å². The van der Waals surface area contributed by atoms with Gasteiger partial charge >= 0.3 is 0 Å². The van der Waals surface area contributed by atoms with E-state index in [0.717, 1.165) is 26.5 Å². The highest BCUT2D eigenvalue weighted by Crippen LogP contribution is 2.37. The largest absolute Gasteiger partial charge is 0.486 e. The Morgan fingerprint density at radius 3 is 2.56 bits per heavy atom. The second-order valence-electron chi connectivity index (χ2n) is 5.65. The van der Waals surface area contributed by atoms with Crippen molar-refractivity contribution in [3.05, 3.63) is 65.5 Å². The first-order valence-corrected chi connectivity index (χ1v) is 11.1. The van der Waals surface area contributed by atoms with Crippen LogP contribution in [0.15, 0.2) is 45.8 Å². The molecule has 0 spiro atoms. The number of likely N-dealkylation sites (N-methyl/N-ethyl adjacent to an activating group) is 1. The third-order valence-corrected chi connectivity index (χ3v) is 6.30. The summed E-state index contributed by atoms with van der Waals surface area (Å²) in [6.07, 6.45) is 1.67. The summed E-state index contributed by atoms with van der Waals surface area (Å²) in [5.74, 6) is 0.257. The van der Waals surface area contributed by atoms with Crippen LogP contribution in [0.1, 0.15) is 18.1 Å². The molecule has 1 aliphatic rings. The lowest BCUT2D eigenvalue weighted by Crippen LogP contribution is -2.27. The van der Waals surface area contributed by atoms with Gasteiger partial charge in [0, 0.05) is 10.1 Å². The maximum absolute atomic E-state index is 12.2. The molecule has 140 valence electrons. The Labute approximate surface area is 188 Å². The van der Waals surface area contributed by atoms with Gasteiger partial charge in [0.25, 0.3) is 11.1 Å². The molecule has 0 atom stereocenters. The minimum atomic E-state index is -0.279.